The highest BCUT2D eigenvalue weighted by Gasteiger charge is 2.07. The van der Waals surface area contributed by atoms with Gasteiger partial charge in [-0.3, -0.25) is 4.79 Å². The molecule has 0 fully saturated rings. The molecule has 0 atom stereocenters. The third-order valence-corrected chi connectivity index (χ3v) is 2.91. The minimum Gasteiger partial charge on any atom is -0.488 e. The van der Waals surface area contributed by atoms with Crippen LogP contribution in [0.1, 0.15) is 28.4 Å². The summed E-state index contributed by atoms with van der Waals surface area (Å²) in [7, 11) is 0. The van der Waals surface area contributed by atoms with E-state index in [0.717, 1.165) is 5.56 Å². The molecule has 2 nitrogen and oxygen atoms in total. The highest BCUT2D eigenvalue weighted by Crippen LogP contribution is 2.20. The van der Waals surface area contributed by atoms with Crippen molar-refractivity contribution in [1.29, 1.82) is 0 Å². The topological polar surface area (TPSA) is 26.3 Å². The fourth-order valence-corrected chi connectivity index (χ4v) is 1.81. The number of ketones is 1. The summed E-state index contributed by atoms with van der Waals surface area (Å²) in [6, 6.07) is 15.4. The summed E-state index contributed by atoms with van der Waals surface area (Å²) in [5, 5.41) is 0. The lowest BCUT2D eigenvalue weighted by atomic mass is 10.1. The van der Waals surface area contributed by atoms with Crippen LogP contribution >= 0.6 is 0 Å². The van der Waals surface area contributed by atoms with Crippen molar-refractivity contribution < 1.29 is 9.53 Å². The molecule has 0 aromatic heterocycles. The smallest absolute Gasteiger partial charge is 0.163 e. The summed E-state index contributed by atoms with van der Waals surface area (Å²) in [4.78, 5) is 11.5. The van der Waals surface area contributed by atoms with E-state index in [2.05, 4.69) is 13.0 Å². The fourth-order valence-electron chi connectivity index (χ4n) is 1.81. The Morgan fingerprint density at radius 1 is 1.06 bits per heavy atom. The Morgan fingerprint density at radius 2 is 1.72 bits per heavy atom. The van der Waals surface area contributed by atoms with Crippen molar-refractivity contribution in [1.82, 2.24) is 0 Å². The molecule has 2 aromatic rings. The summed E-state index contributed by atoms with van der Waals surface area (Å²) < 4.78 is 5.74. The van der Waals surface area contributed by atoms with E-state index in [9.17, 15) is 4.79 Å². The van der Waals surface area contributed by atoms with Gasteiger partial charge in [0.1, 0.15) is 12.4 Å². The van der Waals surface area contributed by atoms with Gasteiger partial charge in [-0.25, -0.2) is 0 Å². The van der Waals surface area contributed by atoms with Crippen molar-refractivity contribution >= 4 is 5.78 Å². The Bertz CT molecular complexity index is 559. The zero-order valence-corrected chi connectivity index (χ0v) is 10.6. The van der Waals surface area contributed by atoms with E-state index in [1.807, 2.05) is 36.4 Å². The van der Waals surface area contributed by atoms with E-state index in [4.69, 9.17) is 4.74 Å². The lowest BCUT2D eigenvalue weighted by molar-refractivity contribution is 0.101. The van der Waals surface area contributed by atoms with Crippen molar-refractivity contribution in [2.24, 2.45) is 0 Å². The largest absolute Gasteiger partial charge is 0.488 e. The van der Waals surface area contributed by atoms with E-state index in [1.165, 1.54) is 5.56 Å². The van der Waals surface area contributed by atoms with Gasteiger partial charge in [0, 0.05) is 0 Å². The first-order chi connectivity index (χ1) is 8.68. The number of benzene rings is 2. The van der Waals surface area contributed by atoms with Gasteiger partial charge in [0.05, 0.1) is 5.56 Å². The molecule has 0 N–H and O–H groups in total. The monoisotopic (exact) mass is 240 g/mol. The number of aryl methyl sites for hydroxylation is 1. The molecule has 0 aliphatic rings. The number of carbonyl (C=O) groups excluding carboxylic acids is 1. The lowest BCUT2D eigenvalue weighted by Crippen LogP contribution is -2.02. The van der Waals surface area contributed by atoms with Gasteiger partial charge in [0.2, 0.25) is 0 Å². The molecular weight excluding hydrogens is 224 g/mol. The number of para-hydroxylation sites is 1. The molecule has 18 heavy (non-hydrogen) atoms. The standard InChI is InChI=1S/C16H16O2/c1-12-7-3-4-8-14(12)11-18-16-10-6-5-9-15(16)13(2)17/h3-10H,11H2,1-2H3. The second kappa shape index (κ2) is 5.50. The van der Waals surface area contributed by atoms with Crippen molar-refractivity contribution in [2.45, 2.75) is 20.5 Å². The zero-order chi connectivity index (χ0) is 13.0. The molecule has 0 aliphatic heterocycles. The van der Waals surface area contributed by atoms with E-state index in [-0.39, 0.29) is 5.78 Å². The second-order valence-corrected chi connectivity index (χ2v) is 4.27. The predicted octanol–water partition coefficient (Wildman–Crippen LogP) is 3.78. The molecule has 2 heteroatoms. The Balaban J connectivity index is 2.16. The number of ether oxygens (including phenoxy) is 1. The average Bonchev–Trinajstić information content (AvgIpc) is 2.38. The molecule has 2 rings (SSSR count). The van der Waals surface area contributed by atoms with Crippen molar-refractivity contribution in [3.63, 3.8) is 0 Å². The van der Waals surface area contributed by atoms with Gasteiger partial charge in [0.15, 0.2) is 5.78 Å². The van der Waals surface area contributed by atoms with E-state index < -0.39 is 0 Å². The average molecular weight is 240 g/mol. The lowest BCUT2D eigenvalue weighted by Gasteiger charge is -2.11. The maximum Gasteiger partial charge on any atom is 0.163 e. The normalized spacial score (nSPS) is 10.1. The van der Waals surface area contributed by atoms with Crippen molar-refractivity contribution in [3.05, 3.63) is 65.2 Å². The minimum atomic E-state index is 0.0235. The molecule has 0 unspecified atom stereocenters. The number of hydrogen-bond acceptors (Lipinski definition) is 2. The summed E-state index contributed by atoms with van der Waals surface area (Å²) in [5.74, 6) is 0.670. The second-order valence-electron chi connectivity index (χ2n) is 4.27. The van der Waals surface area contributed by atoms with Crippen LogP contribution in [-0.2, 0) is 6.61 Å². The van der Waals surface area contributed by atoms with Crippen LogP contribution in [0.5, 0.6) is 5.75 Å². The van der Waals surface area contributed by atoms with Gasteiger partial charge >= 0.3 is 0 Å². The van der Waals surface area contributed by atoms with Gasteiger partial charge in [0.25, 0.3) is 0 Å². The first-order valence-corrected chi connectivity index (χ1v) is 5.96. The Kier molecular flexibility index (Phi) is 3.78. The van der Waals surface area contributed by atoms with Crippen molar-refractivity contribution in [3.8, 4) is 5.75 Å². The quantitative estimate of drug-likeness (QED) is 0.760. The first-order valence-electron chi connectivity index (χ1n) is 5.96. The van der Waals surface area contributed by atoms with Crippen LogP contribution in [0.4, 0.5) is 0 Å². The minimum absolute atomic E-state index is 0.0235. The van der Waals surface area contributed by atoms with Gasteiger partial charge in [-0.15, -0.1) is 0 Å². The maximum absolute atomic E-state index is 11.5. The highest BCUT2D eigenvalue weighted by atomic mass is 16.5. The molecular formula is C16H16O2. The third-order valence-electron chi connectivity index (χ3n) is 2.91. The summed E-state index contributed by atoms with van der Waals surface area (Å²) >= 11 is 0. The molecule has 0 radical (unpaired) electrons. The molecule has 0 amide bonds. The van der Waals surface area contributed by atoms with E-state index in [1.54, 1.807) is 13.0 Å². The highest BCUT2D eigenvalue weighted by molar-refractivity contribution is 5.96. The maximum atomic E-state index is 11.5. The van der Waals surface area contributed by atoms with Crippen LogP contribution in [-0.4, -0.2) is 5.78 Å². The van der Waals surface area contributed by atoms with Crippen LogP contribution in [0.15, 0.2) is 48.5 Å². The number of hydrogen-bond donors (Lipinski definition) is 0. The van der Waals surface area contributed by atoms with Crippen LogP contribution in [0.3, 0.4) is 0 Å². The number of rotatable bonds is 4. The van der Waals surface area contributed by atoms with Crippen LogP contribution in [0.25, 0.3) is 0 Å². The van der Waals surface area contributed by atoms with E-state index >= 15 is 0 Å². The zero-order valence-electron chi connectivity index (χ0n) is 10.6. The molecule has 2 aromatic carbocycles. The summed E-state index contributed by atoms with van der Waals surface area (Å²) in [6.45, 7) is 4.09. The SMILES string of the molecule is CC(=O)c1ccccc1OCc1ccccc1C. The fraction of sp³-hybridized carbons (Fsp3) is 0.188. The molecule has 0 saturated heterocycles. The molecule has 0 heterocycles. The molecule has 0 aliphatic carbocycles. The van der Waals surface area contributed by atoms with Crippen LogP contribution in [0.2, 0.25) is 0 Å². The van der Waals surface area contributed by atoms with Crippen LogP contribution < -0.4 is 4.74 Å². The number of Topliss-reactive ketones (excluding diaryl/α,β-unsaturated/α-hetero) is 1. The Hall–Kier alpha value is -2.09. The van der Waals surface area contributed by atoms with Gasteiger partial charge in [-0.2, -0.15) is 0 Å². The Morgan fingerprint density at radius 3 is 2.44 bits per heavy atom. The summed E-state index contributed by atoms with van der Waals surface area (Å²) in [6.07, 6.45) is 0. The third kappa shape index (κ3) is 2.77. The van der Waals surface area contributed by atoms with Gasteiger partial charge in [-0.1, -0.05) is 36.4 Å². The molecule has 0 bridgehead atoms. The van der Waals surface area contributed by atoms with Gasteiger partial charge in [-0.05, 0) is 37.1 Å². The molecule has 0 saturated carbocycles. The molecule has 0 spiro atoms. The number of carbonyl (C=O) groups is 1. The van der Waals surface area contributed by atoms with E-state index in [0.29, 0.717) is 17.9 Å². The molecule has 92 valence electrons. The Labute approximate surface area is 107 Å². The van der Waals surface area contributed by atoms with Gasteiger partial charge < -0.3 is 4.74 Å². The predicted molar refractivity (Wildman–Crippen MR) is 72.0 cm³/mol. The first kappa shape index (κ1) is 12.4. The van der Waals surface area contributed by atoms with Crippen LogP contribution in [0, 0.1) is 6.92 Å². The van der Waals surface area contributed by atoms with Crippen molar-refractivity contribution in [2.75, 3.05) is 0 Å². The summed E-state index contributed by atoms with van der Waals surface area (Å²) in [5.41, 5.74) is 2.96.